The molecule has 2 heterocycles. The van der Waals surface area contributed by atoms with Gasteiger partial charge in [0.2, 0.25) is 5.91 Å². The molecule has 1 aromatic heterocycles. The number of Topliss-reactive ketones (excluding diaryl/α,β-unsaturated/α-hetero) is 1. The molecule has 0 bridgehead atoms. The Morgan fingerprint density at radius 1 is 1.04 bits per heavy atom. The molecule has 1 aromatic rings. The normalized spacial score (nSPS) is 15.1. The number of ketones is 1. The lowest BCUT2D eigenvalue weighted by molar-refractivity contribution is -0.132. The van der Waals surface area contributed by atoms with Crippen molar-refractivity contribution in [3.63, 3.8) is 0 Å². The molecule has 7 heteroatoms. The maximum Gasteiger partial charge on any atom is 0.410 e. The van der Waals surface area contributed by atoms with Gasteiger partial charge in [-0.2, -0.15) is 0 Å². The molecule has 1 aliphatic heterocycles. The molecular weight excluding hydrogens is 352 g/mol. The number of piperazine rings is 1. The van der Waals surface area contributed by atoms with Crippen LogP contribution in [0.5, 0.6) is 0 Å². The number of ether oxygens (including phenoxy) is 1. The van der Waals surface area contributed by atoms with Crippen molar-refractivity contribution < 1.29 is 19.1 Å². The van der Waals surface area contributed by atoms with Gasteiger partial charge < -0.3 is 14.5 Å². The molecule has 1 aliphatic rings. The summed E-state index contributed by atoms with van der Waals surface area (Å²) in [7, 11) is 0. The molecule has 0 N–H and O–H groups in total. The predicted molar refractivity (Wildman–Crippen MR) is 102 cm³/mol. The fourth-order valence-electron chi connectivity index (χ4n) is 2.89. The Kier molecular flexibility index (Phi) is 6.44. The van der Waals surface area contributed by atoms with Crippen molar-refractivity contribution in [3.05, 3.63) is 21.4 Å². The molecule has 1 saturated heterocycles. The quantitative estimate of drug-likeness (QED) is 0.751. The zero-order valence-corrected chi connectivity index (χ0v) is 17.1. The molecule has 0 unspecified atom stereocenters. The van der Waals surface area contributed by atoms with Crippen molar-refractivity contribution in [1.29, 1.82) is 0 Å². The Morgan fingerprint density at radius 2 is 1.62 bits per heavy atom. The van der Waals surface area contributed by atoms with Gasteiger partial charge >= 0.3 is 6.09 Å². The van der Waals surface area contributed by atoms with Crippen molar-refractivity contribution in [2.24, 2.45) is 0 Å². The van der Waals surface area contributed by atoms with Crippen LogP contribution in [0.3, 0.4) is 0 Å². The second kappa shape index (κ2) is 8.20. The summed E-state index contributed by atoms with van der Waals surface area (Å²) in [6.07, 6.45) is 0.0879. The lowest BCUT2D eigenvalue weighted by atomic mass is 10.1. The van der Waals surface area contributed by atoms with E-state index in [4.69, 9.17) is 4.74 Å². The average Bonchev–Trinajstić information content (AvgIpc) is 2.89. The van der Waals surface area contributed by atoms with Crippen LogP contribution < -0.4 is 0 Å². The van der Waals surface area contributed by atoms with Gasteiger partial charge in [-0.1, -0.05) is 0 Å². The molecular formula is C19H28N2O4S. The molecule has 0 aliphatic carbocycles. The number of hydrogen-bond donors (Lipinski definition) is 0. The van der Waals surface area contributed by atoms with Crippen molar-refractivity contribution >= 4 is 29.1 Å². The molecule has 2 rings (SSSR count). The van der Waals surface area contributed by atoms with Crippen LogP contribution in [-0.4, -0.2) is 59.4 Å². The first-order valence-electron chi connectivity index (χ1n) is 8.93. The van der Waals surface area contributed by atoms with Crippen molar-refractivity contribution in [2.45, 2.75) is 53.1 Å². The minimum Gasteiger partial charge on any atom is -0.444 e. The van der Waals surface area contributed by atoms with Crippen LogP contribution in [0, 0.1) is 13.8 Å². The number of carbonyl (C=O) groups is 3. The summed E-state index contributed by atoms with van der Waals surface area (Å²) in [6, 6.07) is 1.90. The summed E-state index contributed by atoms with van der Waals surface area (Å²) in [5, 5.41) is 0. The summed E-state index contributed by atoms with van der Waals surface area (Å²) in [6.45, 7) is 11.3. The third-order valence-corrected chi connectivity index (χ3v) is 5.16. The summed E-state index contributed by atoms with van der Waals surface area (Å²) < 4.78 is 5.35. The minimum atomic E-state index is -0.525. The lowest BCUT2D eigenvalue weighted by Crippen LogP contribution is -2.51. The van der Waals surface area contributed by atoms with E-state index in [1.165, 1.54) is 0 Å². The Balaban J connectivity index is 1.79. The van der Waals surface area contributed by atoms with Crippen LogP contribution in [0.15, 0.2) is 6.07 Å². The minimum absolute atomic E-state index is 0.0209. The number of aryl methyl sites for hydroxylation is 2. The zero-order chi connectivity index (χ0) is 19.5. The van der Waals surface area contributed by atoms with Crippen molar-refractivity contribution in [3.8, 4) is 0 Å². The number of rotatable bonds is 4. The van der Waals surface area contributed by atoms with Gasteiger partial charge in [0.1, 0.15) is 5.60 Å². The standard InChI is InChI=1S/C19H28N2O4S/c1-13-12-15(14(2)26-13)16(22)6-7-17(23)20-8-10-21(11-9-20)18(24)25-19(3,4)5/h12H,6-11H2,1-5H3. The highest BCUT2D eigenvalue weighted by Gasteiger charge is 2.27. The van der Waals surface area contributed by atoms with E-state index in [1.54, 1.807) is 21.1 Å². The van der Waals surface area contributed by atoms with E-state index in [1.807, 2.05) is 40.7 Å². The Hall–Kier alpha value is -1.89. The maximum atomic E-state index is 12.4. The van der Waals surface area contributed by atoms with Gasteiger partial charge in [-0.3, -0.25) is 9.59 Å². The second-order valence-electron chi connectivity index (χ2n) is 7.60. The van der Waals surface area contributed by atoms with Crippen LogP contribution in [0.1, 0.15) is 53.7 Å². The van der Waals surface area contributed by atoms with E-state index in [2.05, 4.69) is 0 Å². The van der Waals surface area contributed by atoms with E-state index in [0.29, 0.717) is 26.2 Å². The molecule has 0 radical (unpaired) electrons. The van der Waals surface area contributed by atoms with Crippen molar-refractivity contribution in [2.75, 3.05) is 26.2 Å². The van der Waals surface area contributed by atoms with Crippen LogP contribution in [-0.2, 0) is 9.53 Å². The van der Waals surface area contributed by atoms with Crippen LogP contribution >= 0.6 is 11.3 Å². The third kappa shape index (κ3) is 5.56. The number of thiophene rings is 1. The molecule has 0 aromatic carbocycles. The molecule has 26 heavy (non-hydrogen) atoms. The van der Waals surface area contributed by atoms with E-state index in [-0.39, 0.29) is 30.6 Å². The number of hydrogen-bond acceptors (Lipinski definition) is 5. The van der Waals surface area contributed by atoms with Gasteiger partial charge in [0, 0.05) is 54.3 Å². The van der Waals surface area contributed by atoms with Crippen molar-refractivity contribution in [1.82, 2.24) is 9.80 Å². The smallest absolute Gasteiger partial charge is 0.410 e. The topological polar surface area (TPSA) is 66.9 Å². The third-order valence-electron chi connectivity index (χ3n) is 4.19. The molecule has 6 nitrogen and oxygen atoms in total. The van der Waals surface area contributed by atoms with Crippen LogP contribution in [0.25, 0.3) is 0 Å². The monoisotopic (exact) mass is 380 g/mol. The first kappa shape index (κ1) is 20.4. The number of carbonyl (C=O) groups excluding carboxylic acids is 3. The van der Waals surface area contributed by atoms with Gasteiger partial charge in [0.15, 0.2) is 5.78 Å². The van der Waals surface area contributed by atoms with Gasteiger partial charge in [-0.05, 0) is 40.7 Å². The van der Waals surface area contributed by atoms with Gasteiger partial charge in [0.05, 0.1) is 0 Å². The fraction of sp³-hybridized carbons (Fsp3) is 0.632. The second-order valence-corrected chi connectivity index (χ2v) is 9.06. The first-order chi connectivity index (χ1) is 12.1. The van der Waals surface area contributed by atoms with Gasteiger partial charge in [0.25, 0.3) is 0 Å². The molecule has 0 atom stereocenters. The average molecular weight is 381 g/mol. The summed E-state index contributed by atoms with van der Waals surface area (Å²) >= 11 is 1.60. The summed E-state index contributed by atoms with van der Waals surface area (Å²) in [5.41, 5.74) is 0.206. The largest absolute Gasteiger partial charge is 0.444 e. The summed E-state index contributed by atoms with van der Waals surface area (Å²) in [5.74, 6) is -0.0145. The van der Waals surface area contributed by atoms with Crippen LogP contribution in [0.2, 0.25) is 0 Å². The Bertz CT molecular complexity index is 682. The highest BCUT2D eigenvalue weighted by Crippen LogP contribution is 2.22. The van der Waals surface area contributed by atoms with E-state index in [9.17, 15) is 14.4 Å². The number of nitrogens with zero attached hydrogens (tertiary/aromatic N) is 2. The molecule has 0 saturated carbocycles. The highest BCUT2D eigenvalue weighted by atomic mass is 32.1. The molecule has 0 spiro atoms. The highest BCUT2D eigenvalue weighted by molar-refractivity contribution is 7.12. The van der Waals surface area contributed by atoms with E-state index < -0.39 is 5.60 Å². The van der Waals surface area contributed by atoms with Gasteiger partial charge in [-0.15, -0.1) is 11.3 Å². The molecule has 2 amide bonds. The molecule has 144 valence electrons. The first-order valence-corrected chi connectivity index (χ1v) is 9.74. The fourth-order valence-corrected chi connectivity index (χ4v) is 3.83. The predicted octanol–water partition coefficient (Wildman–Crippen LogP) is 3.41. The van der Waals surface area contributed by atoms with E-state index >= 15 is 0 Å². The molecule has 1 fully saturated rings. The van der Waals surface area contributed by atoms with Crippen LogP contribution in [0.4, 0.5) is 4.79 Å². The SMILES string of the molecule is Cc1cc(C(=O)CCC(=O)N2CCN(C(=O)OC(C)(C)C)CC2)c(C)s1. The van der Waals surface area contributed by atoms with E-state index in [0.717, 1.165) is 15.3 Å². The number of amides is 2. The summed E-state index contributed by atoms with van der Waals surface area (Å²) in [4.78, 5) is 42.2. The lowest BCUT2D eigenvalue weighted by Gasteiger charge is -2.35. The zero-order valence-electron chi connectivity index (χ0n) is 16.3. The Morgan fingerprint density at radius 3 is 2.12 bits per heavy atom. The maximum absolute atomic E-state index is 12.4. The Labute approximate surface area is 159 Å². The van der Waals surface area contributed by atoms with Gasteiger partial charge in [-0.25, -0.2) is 4.79 Å².